The van der Waals surface area contributed by atoms with Crippen LogP contribution in [0.25, 0.3) is 0 Å². The molecular weight excluding hydrogens is 431 g/mol. The molecule has 1 rings (SSSR count). The van der Waals surface area contributed by atoms with Gasteiger partial charge in [0, 0.05) is 54.9 Å². The number of halogens is 1. The standard InChI is InChI=1S/C14H25IN4O3S/c1-9(2)12-16-10(8-23-12)6-18(3)14(21)17-11(7-19(4)15)13(20)22-5/h8-9,11,13,20H,6-7H2,1-5H3,(H,17,21). The average molecular weight is 456 g/mol. The Hall–Kier alpha value is -0.490. The van der Waals surface area contributed by atoms with Crippen molar-refractivity contribution in [3.63, 3.8) is 0 Å². The number of carbonyl (C=O) groups is 1. The summed E-state index contributed by atoms with van der Waals surface area (Å²) < 4.78 is 6.77. The second kappa shape index (κ2) is 9.72. The van der Waals surface area contributed by atoms with Gasteiger partial charge in [-0.1, -0.05) is 13.8 Å². The number of thiazole rings is 1. The van der Waals surface area contributed by atoms with E-state index in [9.17, 15) is 9.90 Å². The van der Waals surface area contributed by atoms with Gasteiger partial charge in [0.1, 0.15) is 0 Å². The van der Waals surface area contributed by atoms with Gasteiger partial charge in [-0.2, -0.15) is 0 Å². The van der Waals surface area contributed by atoms with Crippen LogP contribution < -0.4 is 5.32 Å². The maximum absolute atomic E-state index is 12.3. The first-order valence-electron chi connectivity index (χ1n) is 7.28. The number of methoxy groups -OCH3 is 1. The molecule has 2 amide bonds. The zero-order chi connectivity index (χ0) is 17.6. The molecule has 0 fully saturated rings. The summed E-state index contributed by atoms with van der Waals surface area (Å²) in [6.07, 6.45) is -1.06. The monoisotopic (exact) mass is 456 g/mol. The smallest absolute Gasteiger partial charge is 0.317 e. The molecule has 9 heteroatoms. The fourth-order valence-corrected chi connectivity index (χ4v) is 3.14. The van der Waals surface area contributed by atoms with E-state index >= 15 is 0 Å². The molecule has 0 saturated heterocycles. The van der Waals surface area contributed by atoms with Crippen LogP contribution in [0.2, 0.25) is 0 Å². The fourth-order valence-electron chi connectivity index (χ4n) is 1.89. The van der Waals surface area contributed by atoms with Gasteiger partial charge in [-0.3, -0.25) is 0 Å². The van der Waals surface area contributed by atoms with Gasteiger partial charge in [-0.05, 0) is 7.05 Å². The molecule has 2 atom stereocenters. The van der Waals surface area contributed by atoms with Gasteiger partial charge < -0.3 is 20.1 Å². The third kappa shape index (κ3) is 6.87. The molecule has 7 nitrogen and oxygen atoms in total. The van der Waals surface area contributed by atoms with Crippen molar-refractivity contribution in [2.75, 3.05) is 27.7 Å². The van der Waals surface area contributed by atoms with Gasteiger partial charge in [0.15, 0.2) is 6.29 Å². The highest BCUT2D eigenvalue weighted by atomic mass is 127. The molecule has 0 aliphatic carbocycles. The summed E-state index contributed by atoms with van der Waals surface area (Å²) in [4.78, 5) is 18.4. The van der Waals surface area contributed by atoms with E-state index in [4.69, 9.17) is 4.74 Å². The number of aliphatic hydroxyl groups excluding tert-OH is 1. The minimum Gasteiger partial charge on any atom is -0.366 e. The fraction of sp³-hybridized carbons (Fsp3) is 0.714. The summed E-state index contributed by atoms with van der Waals surface area (Å²) in [6.45, 7) is 5.07. The average Bonchev–Trinajstić information content (AvgIpc) is 2.93. The lowest BCUT2D eigenvalue weighted by Gasteiger charge is -2.27. The molecular formula is C14H25IN4O3S. The molecule has 0 aromatic carbocycles. The van der Waals surface area contributed by atoms with Crippen LogP contribution in [0.4, 0.5) is 4.79 Å². The maximum Gasteiger partial charge on any atom is 0.317 e. The van der Waals surface area contributed by atoms with Crippen LogP contribution in [-0.2, 0) is 11.3 Å². The minimum atomic E-state index is -1.06. The highest BCUT2D eigenvalue weighted by molar-refractivity contribution is 14.1. The van der Waals surface area contributed by atoms with Crippen LogP contribution in [0, 0.1) is 0 Å². The number of nitrogens with zero attached hydrogens (tertiary/aromatic N) is 3. The summed E-state index contributed by atoms with van der Waals surface area (Å²) >= 11 is 3.70. The third-order valence-electron chi connectivity index (χ3n) is 3.15. The van der Waals surface area contributed by atoms with E-state index in [1.165, 1.54) is 7.11 Å². The van der Waals surface area contributed by atoms with E-state index in [2.05, 4.69) is 47.0 Å². The quantitative estimate of drug-likeness (QED) is 0.356. The van der Waals surface area contributed by atoms with Crippen LogP contribution >= 0.6 is 34.2 Å². The normalized spacial score (nSPS) is 14.1. The minimum absolute atomic E-state index is 0.275. The van der Waals surface area contributed by atoms with Crippen molar-refractivity contribution in [2.24, 2.45) is 0 Å². The topological polar surface area (TPSA) is 77.9 Å². The Labute approximate surface area is 155 Å². The zero-order valence-corrected chi connectivity index (χ0v) is 17.1. The number of nitrogens with one attached hydrogen (secondary N) is 1. The number of ether oxygens (including phenoxy) is 1. The number of hydrogen-bond donors (Lipinski definition) is 2. The van der Waals surface area contributed by atoms with Crippen LogP contribution in [-0.4, -0.2) is 64.2 Å². The number of hydrogen-bond acceptors (Lipinski definition) is 6. The van der Waals surface area contributed by atoms with Gasteiger partial charge >= 0.3 is 6.03 Å². The molecule has 0 bridgehead atoms. The van der Waals surface area contributed by atoms with Crippen molar-refractivity contribution in [1.82, 2.24) is 18.3 Å². The Bertz CT molecular complexity index is 498. The second-order valence-electron chi connectivity index (χ2n) is 5.66. The lowest BCUT2D eigenvalue weighted by atomic mass is 10.2. The SMILES string of the molecule is COC(O)C(CN(C)I)NC(=O)N(C)Cc1csc(C(C)C)n1. The van der Waals surface area contributed by atoms with E-state index in [0.717, 1.165) is 10.7 Å². The van der Waals surface area contributed by atoms with Crippen molar-refractivity contribution >= 4 is 40.2 Å². The van der Waals surface area contributed by atoms with E-state index in [1.807, 2.05) is 15.5 Å². The summed E-state index contributed by atoms with van der Waals surface area (Å²) in [5.41, 5.74) is 0.867. The molecule has 1 aromatic heterocycles. The largest absolute Gasteiger partial charge is 0.366 e. The first-order valence-corrected chi connectivity index (χ1v) is 9.12. The summed E-state index contributed by atoms with van der Waals surface area (Å²) in [6, 6.07) is -0.790. The summed E-state index contributed by atoms with van der Waals surface area (Å²) in [5, 5.41) is 15.7. The van der Waals surface area contributed by atoms with Crippen LogP contribution in [0.1, 0.15) is 30.5 Å². The molecule has 132 valence electrons. The van der Waals surface area contributed by atoms with E-state index in [-0.39, 0.29) is 6.03 Å². The van der Waals surface area contributed by atoms with E-state index in [1.54, 1.807) is 23.3 Å². The Balaban J connectivity index is 2.62. The lowest BCUT2D eigenvalue weighted by molar-refractivity contribution is -0.0958. The number of rotatable bonds is 8. The van der Waals surface area contributed by atoms with Gasteiger partial charge in [0.25, 0.3) is 0 Å². The molecule has 1 aromatic rings. The third-order valence-corrected chi connectivity index (χ3v) is 4.74. The number of urea groups is 1. The number of likely N-dealkylation sites (N-methyl/N-ethyl adjacent to an activating group) is 1. The van der Waals surface area contributed by atoms with Crippen LogP contribution in [0.5, 0.6) is 0 Å². The zero-order valence-electron chi connectivity index (χ0n) is 14.1. The van der Waals surface area contributed by atoms with E-state index in [0.29, 0.717) is 19.0 Å². The van der Waals surface area contributed by atoms with E-state index < -0.39 is 12.3 Å². The Kier molecular flexibility index (Phi) is 8.69. The van der Waals surface area contributed by atoms with Crippen molar-refractivity contribution in [2.45, 2.75) is 38.6 Å². The second-order valence-corrected chi connectivity index (χ2v) is 8.19. The predicted molar refractivity (Wildman–Crippen MR) is 99.7 cm³/mol. The highest BCUT2D eigenvalue weighted by Crippen LogP contribution is 2.19. The Morgan fingerprint density at radius 3 is 2.65 bits per heavy atom. The lowest BCUT2D eigenvalue weighted by Crippen LogP contribution is -2.52. The van der Waals surface area contributed by atoms with Crippen molar-refractivity contribution in [3.05, 3.63) is 16.1 Å². The summed E-state index contributed by atoms with van der Waals surface area (Å²) in [5.74, 6) is 0.383. The molecule has 0 saturated carbocycles. The van der Waals surface area contributed by atoms with Gasteiger partial charge in [0.2, 0.25) is 0 Å². The first-order chi connectivity index (χ1) is 10.7. The molecule has 0 radical (unpaired) electrons. The Morgan fingerprint density at radius 1 is 1.52 bits per heavy atom. The van der Waals surface area contributed by atoms with Gasteiger partial charge in [-0.15, -0.1) is 11.3 Å². The molecule has 2 N–H and O–H groups in total. The molecule has 0 aliphatic rings. The van der Waals surface area contributed by atoms with Crippen LogP contribution in [0.15, 0.2) is 5.38 Å². The molecule has 1 heterocycles. The van der Waals surface area contributed by atoms with Crippen molar-refractivity contribution in [1.29, 1.82) is 0 Å². The van der Waals surface area contributed by atoms with Crippen LogP contribution in [0.3, 0.4) is 0 Å². The molecule has 0 aliphatic heterocycles. The predicted octanol–water partition coefficient (Wildman–Crippen LogP) is 2.02. The molecule has 2 unspecified atom stereocenters. The van der Waals surface area contributed by atoms with Crippen molar-refractivity contribution in [3.8, 4) is 0 Å². The number of amides is 2. The highest BCUT2D eigenvalue weighted by Gasteiger charge is 2.24. The number of aromatic nitrogens is 1. The first kappa shape index (κ1) is 20.6. The molecule has 23 heavy (non-hydrogen) atoms. The summed E-state index contributed by atoms with van der Waals surface area (Å²) in [7, 11) is 4.96. The number of aliphatic hydroxyl groups is 1. The maximum atomic E-state index is 12.3. The van der Waals surface area contributed by atoms with Gasteiger partial charge in [0.05, 0.1) is 23.3 Å². The van der Waals surface area contributed by atoms with Gasteiger partial charge in [-0.25, -0.2) is 12.9 Å². The molecule has 0 spiro atoms. The Morgan fingerprint density at radius 2 is 2.17 bits per heavy atom. The van der Waals surface area contributed by atoms with Crippen molar-refractivity contribution < 1.29 is 14.6 Å². The number of carbonyl (C=O) groups excluding carboxylic acids is 1.